The highest BCUT2D eigenvalue weighted by Crippen LogP contribution is 2.39. The summed E-state index contributed by atoms with van der Waals surface area (Å²) in [4.78, 5) is 11.6. The van der Waals surface area contributed by atoms with E-state index in [9.17, 15) is 9.18 Å². The number of hydrogen-bond acceptors (Lipinski definition) is 4. The van der Waals surface area contributed by atoms with E-state index in [4.69, 9.17) is 14.0 Å². The molecule has 126 valence electrons. The Labute approximate surface area is 133 Å². The summed E-state index contributed by atoms with van der Waals surface area (Å²) >= 11 is 0. The molecule has 4 nitrogen and oxygen atoms in total. The van der Waals surface area contributed by atoms with Gasteiger partial charge in [0, 0.05) is 0 Å². The molecule has 1 fully saturated rings. The van der Waals surface area contributed by atoms with Crippen molar-refractivity contribution in [3.8, 4) is 0 Å². The van der Waals surface area contributed by atoms with Crippen LogP contribution < -0.4 is 0 Å². The van der Waals surface area contributed by atoms with E-state index in [1.54, 1.807) is 20.8 Å². The summed E-state index contributed by atoms with van der Waals surface area (Å²) in [7, 11) is -0.970. The van der Waals surface area contributed by atoms with Gasteiger partial charge in [0.05, 0.1) is 23.7 Å². The van der Waals surface area contributed by atoms with Crippen molar-refractivity contribution >= 4 is 13.1 Å². The van der Waals surface area contributed by atoms with E-state index in [0.717, 1.165) is 0 Å². The highest BCUT2D eigenvalue weighted by molar-refractivity contribution is 6.53. The first-order chi connectivity index (χ1) is 10.0. The molecule has 0 radical (unpaired) electrons. The lowest BCUT2D eigenvalue weighted by molar-refractivity contribution is -0.147. The average Bonchev–Trinajstić information content (AvgIpc) is 2.63. The van der Waals surface area contributed by atoms with Gasteiger partial charge >= 0.3 is 13.1 Å². The van der Waals surface area contributed by atoms with Gasteiger partial charge in [0.25, 0.3) is 0 Å². The van der Waals surface area contributed by atoms with Crippen molar-refractivity contribution in [1.29, 1.82) is 0 Å². The third kappa shape index (κ3) is 4.32. The Bertz CT molecular complexity index is 429. The molecule has 0 bridgehead atoms. The van der Waals surface area contributed by atoms with Crippen LogP contribution in [0.3, 0.4) is 0 Å². The van der Waals surface area contributed by atoms with Crippen LogP contribution in [0.2, 0.25) is 0 Å². The third-order valence-corrected chi connectivity index (χ3v) is 4.51. The predicted molar refractivity (Wildman–Crippen MR) is 84.9 cm³/mol. The number of carbonyl (C=O) groups is 1. The van der Waals surface area contributed by atoms with Crippen LogP contribution in [0.5, 0.6) is 0 Å². The molecule has 1 rings (SSSR count). The second-order valence-electron chi connectivity index (χ2n) is 6.91. The average molecular weight is 314 g/mol. The molecular weight excluding hydrogens is 286 g/mol. The van der Waals surface area contributed by atoms with Gasteiger partial charge < -0.3 is 14.0 Å². The Morgan fingerprint density at radius 3 is 2.18 bits per heavy atom. The molecule has 0 amide bonds. The van der Waals surface area contributed by atoms with E-state index in [2.05, 4.69) is 0 Å². The van der Waals surface area contributed by atoms with Gasteiger partial charge in [0.2, 0.25) is 0 Å². The molecule has 0 aliphatic carbocycles. The first-order valence-electron chi connectivity index (χ1n) is 7.89. The molecular formula is C16H28BFO4. The number of esters is 1. The summed E-state index contributed by atoms with van der Waals surface area (Å²) in [6.07, 6.45) is 1.01. The molecule has 0 saturated carbocycles. The quantitative estimate of drug-likeness (QED) is 0.552. The maximum atomic E-state index is 14.5. The first kappa shape index (κ1) is 19.2. The predicted octanol–water partition coefficient (Wildman–Crippen LogP) is 3.84. The second-order valence-corrected chi connectivity index (χ2v) is 6.91. The molecule has 0 aromatic rings. The van der Waals surface area contributed by atoms with Gasteiger partial charge in [-0.15, -0.1) is 0 Å². The number of ether oxygens (including phenoxy) is 1. The molecule has 1 aliphatic rings. The fraction of sp³-hybridized carbons (Fsp3) is 0.812. The van der Waals surface area contributed by atoms with Gasteiger partial charge in [-0.05, 0) is 60.0 Å². The van der Waals surface area contributed by atoms with Gasteiger partial charge in [0.1, 0.15) is 5.73 Å². The van der Waals surface area contributed by atoms with Gasteiger partial charge in [-0.3, -0.25) is 4.79 Å². The highest BCUT2D eigenvalue weighted by atomic mass is 19.1. The first-order valence-corrected chi connectivity index (χ1v) is 7.89. The normalized spacial score (nSPS) is 22.3. The van der Waals surface area contributed by atoms with Crippen LogP contribution >= 0.6 is 0 Å². The largest absolute Gasteiger partial charge is 0.525 e. The van der Waals surface area contributed by atoms with Crippen molar-refractivity contribution in [2.75, 3.05) is 6.61 Å². The molecule has 22 heavy (non-hydrogen) atoms. The number of allylic oxidation sites excluding steroid dienone is 1. The molecule has 1 aliphatic heterocycles. The molecule has 0 aromatic heterocycles. The summed E-state index contributed by atoms with van der Waals surface area (Å²) in [5.74, 6) is -0.493. The Morgan fingerprint density at radius 1 is 1.23 bits per heavy atom. The highest BCUT2D eigenvalue weighted by Gasteiger charge is 2.53. The van der Waals surface area contributed by atoms with Gasteiger partial charge in [-0.25, -0.2) is 4.39 Å². The van der Waals surface area contributed by atoms with Gasteiger partial charge in [-0.1, -0.05) is 6.92 Å². The van der Waals surface area contributed by atoms with Gasteiger partial charge in [-0.2, -0.15) is 0 Å². The molecule has 1 saturated heterocycles. The lowest BCUT2D eigenvalue weighted by atomic mass is 9.83. The number of hydrogen-bond donors (Lipinski definition) is 0. The minimum absolute atomic E-state index is 0.244. The van der Waals surface area contributed by atoms with Crippen LogP contribution in [0.4, 0.5) is 4.39 Å². The van der Waals surface area contributed by atoms with Crippen LogP contribution in [0.15, 0.2) is 11.3 Å². The van der Waals surface area contributed by atoms with Crippen LogP contribution in [-0.4, -0.2) is 30.9 Å². The maximum Gasteiger partial charge on any atom is 0.525 e. The summed E-state index contributed by atoms with van der Waals surface area (Å²) in [5, 5.41) is 0. The molecule has 0 spiro atoms. The maximum absolute atomic E-state index is 14.5. The molecule has 1 heterocycles. The van der Waals surface area contributed by atoms with E-state index in [1.807, 2.05) is 27.7 Å². The van der Waals surface area contributed by atoms with Crippen molar-refractivity contribution < 1.29 is 23.2 Å². The summed E-state index contributed by atoms with van der Waals surface area (Å²) in [6, 6.07) is 0. The zero-order valence-corrected chi connectivity index (χ0v) is 14.8. The third-order valence-electron chi connectivity index (χ3n) is 4.51. The van der Waals surface area contributed by atoms with Crippen molar-refractivity contribution in [3.63, 3.8) is 0 Å². The summed E-state index contributed by atoms with van der Waals surface area (Å²) < 4.78 is 30.8. The SMILES string of the molecule is CCOC(=O)C(C)CCC(C)=C(F)B1OC(C)(C)C(C)(C)O1. The molecule has 6 heteroatoms. The van der Waals surface area contributed by atoms with E-state index >= 15 is 0 Å². The molecule has 0 N–H and O–H groups in total. The number of rotatable bonds is 6. The Morgan fingerprint density at radius 2 is 1.73 bits per heavy atom. The van der Waals surface area contributed by atoms with E-state index in [1.165, 1.54) is 0 Å². The monoisotopic (exact) mass is 314 g/mol. The smallest absolute Gasteiger partial charge is 0.466 e. The lowest BCUT2D eigenvalue weighted by Crippen LogP contribution is -2.41. The van der Waals surface area contributed by atoms with Crippen LogP contribution in [0, 0.1) is 5.92 Å². The molecule has 1 unspecified atom stereocenters. The second kappa shape index (κ2) is 7.13. The standard InChI is InChI=1S/C16H28BFO4/c1-8-20-14(19)12(3)10-9-11(2)13(18)17-21-15(4,5)16(6,7)22-17/h12H,8-10H2,1-7H3. The molecule has 1 atom stereocenters. The van der Waals surface area contributed by atoms with Crippen LogP contribution in [-0.2, 0) is 18.8 Å². The van der Waals surface area contributed by atoms with Crippen molar-refractivity contribution in [2.24, 2.45) is 5.92 Å². The lowest BCUT2D eigenvalue weighted by Gasteiger charge is -2.32. The number of carbonyl (C=O) groups excluding carboxylic acids is 1. The van der Waals surface area contributed by atoms with Crippen molar-refractivity contribution in [3.05, 3.63) is 11.3 Å². The van der Waals surface area contributed by atoms with Crippen molar-refractivity contribution in [2.45, 2.75) is 72.5 Å². The van der Waals surface area contributed by atoms with Crippen LogP contribution in [0.1, 0.15) is 61.3 Å². The zero-order chi connectivity index (χ0) is 17.1. The minimum Gasteiger partial charge on any atom is -0.466 e. The Kier molecular flexibility index (Phi) is 6.22. The van der Waals surface area contributed by atoms with E-state index in [0.29, 0.717) is 25.0 Å². The topological polar surface area (TPSA) is 44.8 Å². The zero-order valence-electron chi connectivity index (χ0n) is 14.8. The van der Waals surface area contributed by atoms with E-state index < -0.39 is 24.0 Å². The number of halogens is 1. The van der Waals surface area contributed by atoms with Crippen molar-refractivity contribution in [1.82, 2.24) is 0 Å². The summed E-state index contributed by atoms with van der Waals surface area (Å²) in [6.45, 7) is 13.2. The minimum atomic E-state index is -0.970. The Hall–Kier alpha value is -0.875. The molecule has 0 aromatic carbocycles. The van der Waals surface area contributed by atoms with Crippen LogP contribution in [0.25, 0.3) is 0 Å². The summed E-state index contributed by atoms with van der Waals surface area (Å²) in [5.41, 5.74) is -0.967. The van der Waals surface area contributed by atoms with E-state index in [-0.39, 0.29) is 11.9 Å². The fourth-order valence-corrected chi connectivity index (χ4v) is 2.10. The van der Waals surface area contributed by atoms with Gasteiger partial charge in [0.15, 0.2) is 0 Å². The Balaban J connectivity index is 2.65. The fourth-order valence-electron chi connectivity index (χ4n) is 2.10.